The molecule has 0 atom stereocenters. The molecule has 2 aromatic rings. The predicted molar refractivity (Wildman–Crippen MR) is 85.0 cm³/mol. The van der Waals surface area contributed by atoms with Gasteiger partial charge in [0, 0.05) is 23.0 Å². The number of hydrogen-bond acceptors (Lipinski definition) is 2. The summed E-state index contributed by atoms with van der Waals surface area (Å²) in [6.45, 7) is 6.06. The number of carbonyl (C=O) groups is 1. The first-order valence-corrected chi connectivity index (χ1v) is 7.17. The summed E-state index contributed by atoms with van der Waals surface area (Å²) in [5.41, 5.74) is 4.05. The lowest BCUT2D eigenvalue weighted by molar-refractivity contribution is 0.102. The maximum atomic E-state index is 12.3. The molecule has 0 unspecified atom stereocenters. The minimum atomic E-state index is -0.262. The van der Waals surface area contributed by atoms with Crippen molar-refractivity contribution in [2.45, 2.75) is 33.6 Å². The zero-order chi connectivity index (χ0) is 15.4. The molecule has 2 rings (SSSR count). The van der Waals surface area contributed by atoms with E-state index in [1.165, 1.54) is 17.2 Å². The Hall–Kier alpha value is -2.36. The van der Waals surface area contributed by atoms with Gasteiger partial charge in [-0.2, -0.15) is 0 Å². The summed E-state index contributed by atoms with van der Waals surface area (Å²) in [5.74, 6) is -0.262. The van der Waals surface area contributed by atoms with Gasteiger partial charge in [0.1, 0.15) is 0 Å². The molecule has 1 aromatic carbocycles. The Kier molecular flexibility index (Phi) is 4.58. The van der Waals surface area contributed by atoms with Gasteiger partial charge in [-0.05, 0) is 49.1 Å². The average molecular weight is 284 g/mol. The fourth-order valence-electron chi connectivity index (χ4n) is 2.26. The SMILES string of the molecule is CCc1cc(C(=O)Nc2ccc(C)c(CC)c2)cc(=O)[nH]1. The number of aromatic nitrogens is 1. The van der Waals surface area contributed by atoms with Gasteiger partial charge < -0.3 is 10.3 Å². The monoisotopic (exact) mass is 284 g/mol. The Morgan fingerprint density at radius 3 is 2.57 bits per heavy atom. The van der Waals surface area contributed by atoms with Crippen molar-refractivity contribution in [2.24, 2.45) is 0 Å². The smallest absolute Gasteiger partial charge is 0.255 e. The van der Waals surface area contributed by atoms with Crippen LogP contribution in [0.15, 0.2) is 35.1 Å². The van der Waals surface area contributed by atoms with E-state index >= 15 is 0 Å². The first-order chi connectivity index (χ1) is 10.0. The first-order valence-electron chi connectivity index (χ1n) is 7.17. The second-order valence-electron chi connectivity index (χ2n) is 5.06. The fourth-order valence-corrected chi connectivity index (χ4v) is 2.26. The number of benzene rings is 1. The molecule has 0 fully saturated rings. The molecule has 4 heteroatoms. The highest BCUT2D eigenvalue weighted by atomic mass is 16.2. The van der Waals surface area contributed by atoms with Crippen LogP contribution in [0.1, 0.15) is 41.0 Å². The Balaban J connectivity index is 2.25. The zero-order valence-corrected chi connectivity index (χ0v) is 12.6. The van der Waals surface area contributed by atoms with Gasteiger partial charge in [-0.15, -0.1) is 0 Å². The van der Waals surface area contributed by atoms with Crippen LogP contribution in [0.3, 0.4) is 0 Å². The highest BCUT2D eigenvalue weighted by Crippen LogP contribution is 2.16. The molecule has 2 N–H and O–H groups in total. The molecule has 0 aliphatic heterocycles. The Morgan fingerprint density at radius 1 is 1.14 bits per heavy atom. The number of aryl methyl sites for hydroxylation is 3. The lowest BCUT2D eigenvalue weighted by Gasteiger charge is -2.09. The summed E-state index contributed by atoms with van der Waals surface area (Å²) in [5, 5.41) is 2.85. The number of H-pyrrole nitrogens is 1. The number of carbonyl (C=O) groups excluding carboxylic acids is 1. The lowest BCUT2D eigenvalue weighted by atomic mass is 10.1. The quantitative estimate of drug-likeness (QED) is 0.906. The number of rotatable bonds is 4. The van der Waals surface area contributed by atoms with Crippen LogP contribution in [0, 0.1) is 6.92 Å². The van der Waals surface area contributed by atoms with Crippen molar-refractivity contribution >= 4 is 11.6 Å². The van der Waals surface area contributed by atoms with E-state index in [9.17, 15) is 9.59 Å². The molecule has 0 bridgehead atoms. The number of nitrogens with one attached hydrogen (secondary N) is 2. The summed E-state index contributed by atoms with van der Waals surface area (Å²) in [4.78, 5) is 26.5. The van der Waals surface area contributed by atoms with Crippen molar-refractivity contribution in [3.8, 4) is 0 Å². The van der Waals surface area contributed by atoms with Gasteiger partial charge in [0.15, 0.2) is 0 Å². The second-order valence-corrected chi connectivity index (χ2v) is 5.06. The lowest BCUT2D eigenvalue weighted by Crippen LogP contribution is -2.17. The van der Waals surface area contributed by atoms with Crippen molar-refractivity contribution in [3.63, 3.8) is 0 Å². The minimum absolute atomic E-state index is 0.252. The minimum Gasteiger partial charge on any atom is -0.326 e. The van der Waals surface area contributed by atoms with E-state index < -0.39 is 0 Å². The van der Waals surface area contributed by atoms with E-state index in [-0.39, 0.29) is 11.5 Å². The van der Waals surface area contributed by atoms with Crippen molar-refractivity contribution in [1.82, 2.24) is 4.98 Å². The largest absolute Gasteiger partial charge is 0.326 e. The van der Waals surface area contributed by atoms with Crippen molar-refractivity contribution in [2.75, 3.05) is 5.32 Å². The molecule has 1 aromatic heterocycles. The maximum absolute atomic E-state index is 12.3. The summed E-state index contributed by atoms with van der Waals surface area (Å²) in [6, 6.07) is 8.88. The molecule has 1 amide bonds. The van der Waals surface area contributed by atoms with Crippen LogP contribution >= 0.6 is 0 Å². The zero-order valence-electron chi connectivity index (χ0n) is 12.6. The third-order valence-corrected chi connectivity index (χ3v) is 3.53. The van der Waals surface area contributed by atoms with Crippen LogP contribution in [0.5, 0.6) is 0 Å². The summed E-state index contributed by atoms with van der Waals surface area (Å²) in [7, 11) is 0. The normalized spacial score (nSPS) is 10.4. The van der Waals surface area contributed by atoms with E-state index in [1.54, 1.807) is 6.07 Å². The average Bonchev–Trinajstić information content (AvgIpc) is 2.48. The van der Waals surface area contributed by atoms with Gasteiger partial charge in [0.2, 0.25) is 5.56 Å². The molecule has 0 aliphatic carbocycles. The maximum Gasteiger partial charge on any atom is 0.255 e. The van der Waals surface area contributed by atoms with Crippen LogP contribution in [0.4, 0.5) is 5.69 Å². The van der Waals surface area contributed by atoms with E-state index in [0.717, 1.165) is 17.8 Å². The van der Waals surface area contributed by atoms with Crippen LogP contribution in [0.2, 0.25) is 0 Å². The van der Waals surface area contributed by atoms with Crippen LogP contribution < -0.4 is 10.9 Å². The van der Waals surface area contributed by atoms with Gasteiger partial charge >= 0.3 is 0 Å². The second kappa shape index (κ2) is 6.39. The number of aromatic amines is 1. The van der Waals surface area contributed by atoms with E-state index in [1.807, 2.05) is 25.1 Å². The molecule has 0 aliphatic rings. The van der Waals surface area contributed by atoms with Crippen LogP contribution in [0.25, 0.3) is 0 Å². The number of pyridine rings is 1. The number of amides is 1. The van der Waals surface area contributed by atoms with Gasteiger partial charge in [0.25, 0.3) is 5.91 Å². The van der Waals surface area contributed by atoms with Gasteiger partial charge in [-0.3, -0.25) is 9.59 Å². The predicted octanol–water partition coefficient (Wildman–Crippen LogP) is 3.06. The molecule has 110 valence electrons. The highest BCUT2D eigenvalue weighted by molar-refractivity contribution is 6.04. The topological polar surface area (TPSA) is 62.0 Å². The molecule has 21 heavy (non-hydrogen) atoms. The molecule has 4 nitrogen and oxygen atoms in total. The van der Waals surface area contributed by atoms with Crippen molar-refractivity contribution < 1.29 is 4.79 Å². The highest BCUT2D eigenvalue weighted by Gasteiger charge is 2.09. The summed E-state index contributed by atoms with van der Waals surface area (Å²) >= 11 is 0. The van der Waals surface area contributed by atoms with Gasteiger partial charge in [-0.1, -0.05) is 19.9 Å². The first kappa shape index (κ1) is 15.0. The molecule has 0 saturated carbocycles. The van der Waals surface area contributed by atoms with E-state index in [4.69, 9.17) is 0 Å². The molecular formula is C17H20N2O2. The van der Waals surface area contributed by atoms with Crippen LogP contribution in [-0.4, -0.2) is 10.9 Å². The molecule has 0 radical (unpaired) electrons. The van der Waals surface area contributed by atoms with Gasteiger partial charge in [0.05, 0.1) is 0 Å². The molecule has 0 saturated heterocycles. The summed E-state index contributed by atoms with van der Waals surface area (Å²) < 4.78 is 0. The third-order valence-electron chi connectivity index (χ3n) is 3.53. The molecular weight excluding hydrogens is 264 g/mol. The number of anilines is 1. The Morgan fingerprint density at radius 2 is 1.90 bits per heavy atom. The van der Waals surface area contributed by atoms with Gasteiger partial charge in [-0.25, -0.2) is 0 Å². The van der Waals surface area contributed by atoms with Crippen molar-refractivity contribution in [3.05, 3.63) is 63.1 Å². The van der Waals surface area contributed by atoms with Crippen molar-refractivity contribution in [1.29, 1.82) is 0 Å². The Bertz CT molecular complexity index is 717. The molecule has 1 heterocycles. The Labute approximate surface area is 124 Å². The fraction of sp³-hybridized carbons (Fsp3) is 0.294. The summed E-state index contributed by atoms with van der Waals surface area (Å²) in [6.07, 6.45) is 1.60. The molecule has 0 spiro atoms. The van der Waals surface area contributed by atoms with E-state index in [0.29, 0.717) is 12.0 Å². The van der Waals surface area contributed by atoms with Crippen LogP contribution in [-0.2, 0) is 12.8 Å². The van der Waals surface area contributed by atoms with E-state index in [2.05, 4.69) is 24.1 Å². The standard InChI is InChI=1S/C17H20N2O2/c1-4-12-8-15(7-6-11(12)3)19-17(21)13-9-14(5-2)18-16(20)10-13/h6-10H,4-5H2,1-3H3,(H,18,20)(H,19,21). The third kappa shape index (κ3) is 3.60. The number of hydrogen-bond donors (Lipinski definition) is 2.